The van der Waals surface area contributed by atoms with Crippen LogP contribution in [-0.4, -0.2) is 29.6 Å². The maximum atomic E-state index is 13.0. The van der Waals surface area contributed by atoms with Crippen LogP contribution in [0.5, 0.6) is 0 Å². The Kier molecular flexibility index (Phi) is 5.75. The summed E-state index contributed by atoms with van der Waals surface area (Å²) in [5.74, 6) is -15.4. The van der Waals surface area contributed by atoms with Crippen LogP contribution in [0.3, 0.4) is 0 Å². The number of alkyl halides is 7. The van der Waals surface area contributed by atoms with Gasteiger partial charge in [-0.3, -0.25) is 4.79 Å². The second-order valence-corrected chi connectivity index (χ2v) is 4.58. The molecule has 0 atom stereocenters. The Hall–Kier alpha value is -2.39. The van der Waals surface area contributed by atoms with Gasteiger partial charge in [-0.1, -0.05) is 36.4 Å². The van der Waals surface area contributed by atoms with E-state index >= 15 is 0 Å². The number of hydrogen-bond acceptors (Lipinski definition) is 2. The van der Waals surface area contributed by atoms with Crippen molar-refractivity contribution in [3.8, 4) is 0 Å². The molecule has 24 heavy (non-hydrogen) atoms. The highest BCUT2D eigenvalue weighted by atomic mass is 19.4. The van der Waals surface area contributed by atoms with Gasteiger partial charge in [-0.2, -0.15) is 35.8 Å². The lowest BCUT2D eigenvalue weighted by Gasteiger charge is -2.26. The average Bonchev–Trinajstić information content (AvgIpc) is 2.50. The zero-order chi connectivity index (χ0) is 18.6. The number of nitrogens with one attached hydrogen (secondary N) is 1. The zero-order valence-electron chi connectivity index (χ0n) is 12.0. The second-order valence-electron chi connectivity index (χ2n) is 4.58. The molecule has 1 aromatic rings. The van der Waals surface area contributed by atoms with Gasteiger partial charge in [-0.25, -0.2) is 5.43 Å². The number of hydrazone groups is 1. The SMILES string of the molecule is CC(/C=C\c1ccccc1)=NNC(=O)C(F)(F)C(F)(F)C(F)(F)F. The standard InChI is InChI=1S/C14H11F7N2O/c1-9(7-8-10-5-3-2-4-6-10)22-23-11(24)12(15,16)13(17,18)14(19,20)21/h2-8H,1H3,(H,23,24)/b8-7-,22-9?. The quantitative estimate of drug-likeness (QED) is 0.483. The Morgan fingerprint density at radius 2 is 1.58 bits per heavy atom. The van der Waals surface area contributed by atoms with E-state index < -0.39 is 23.9 Å². The molecule has 0 unspecified atom stereocenters. The third-order valence-electron chi connectivity index (χ3n) is 2.69. The highest BCUT2D eigenvalue weighted by molar-refractivity contribution is 5.97. The van der Waals surface area contributed by atoms with Gasteiger partial charge in [0.25, 0.3) is 0 Å². The molecule has 0 aromatic heterocycles. The van der Waals surface area contributed by atoms with Gasteiger partial charge in [0.2, 0.25) is 0 Å². The molecular weight excluding hydrogens is 345 g/mol. The summed E-state index contributed by atoms with van der Waals surface area (Å²) in [6.07, 6.45) is -3.87. The topological polar surface area (TPSA) is 41.5 Å². The average molecular weight is 356 g/mol. The number of nitrogens with zero attached hydrogens (tertiary/aromatic N) is 1. The van der Waals surface area contributed by atoms with E-state index in [9.17, 15) is 35.5 Å². The van der Waals surface area contributed by atoms with Gasteiger partial charge in [0.15, 0.2) is 0 Å². The lowest BCUT2D eigenvalue weighted by molar-refractivity contribution is -0.344. The number of carbonyl (C=O) groups excluding carboxylic acids is 1. The predicted molar refractivity (Wildman–Crippen MR) is 72.7 cm³/mol. The molecule has 0 aliphatic carbocycles. The van der Waals surface area contributed by atoms with Crippen molar-refractivity contribution >= 4 is 17.7 Å². The number of amides is 1. The normalized spacial score (nSPS) is 14.1. The van der Waals surface area contributed by atoms with Crippen LogP contribution in [0.2, 0.25) is 0 Å². The second kappa shape index (κ2) is 7.02. The summed E-state index contributed by atoms with van der Waals surface area (Å²) in [4.78, 5) is 11.0. The molecule has 1 rings (SSSR count). The van der Waals surface area contributed by atoms with Gasteiger partial charge in [0, 0.05) is 0 Å². The molecule has 1 aromatic carbocycles. The van der Waals surface area contributed by atoms with Crippen LogP contribution < -0.4 is 5.43 Å². The third kappa shape index (κ3) is 4.33. The molecule has 0 aliphatic heterocycles. The first kappa shape index (κ1) is 19.7. The summed E-state index contributed by atoms with van der Waals surface area (Å²) in [6, 6.07) is 8.50. The monoisotopic (exact) mass is 356 g/mol. The van der Waals surface area contributed by atoms with Gasteiger partial charge < -0.3 is 0 Å². The Bertz CT molecular complexity index is 636. The zero-order valence-corrected chi connectivity index (χ0v) is 12.0. The maximum absolute atomic E-state index is 13.0. The van der Waals surface area contributed by atoms with Gasteiger partial charge in [-0.05, 0) is 18.6 Å². The first-order chi connectivity index (χ1) is 10.9. The van der Waals surface area contributed by atoms with Crippen LogP contribution in [0.25, 0.3) is 6.08 Å². The molecule has 0 saturated heterocycles. The fraction of sp³-hybridized carbons (Fsp3) is 0.286. The molecule has 1 amide bonds. The first-order valence-electron chi connectivity index (χ1n) is 6.30. The van der Waals surface area contributed by atoms with E-state index in [0.717, 1.165) is 5.43 Å². The van der Waals surface area contributed by atoms with Crippen LogP contribution in [0.15, 0.2) is 41.5 Å². The molecule has 132 valence electrons. The summed E-state index contributed by atoms with van der Waals surface area (Å²) < 4.78 is 87.2. The molecular formula is C14H11F7N2O. The molecule has 0 spiro atoms. The van der Waals surface area contributed by atoms with Crippen molar-refractivity contribution in [2.75, 3.05) is 0 Å². The number of hydrogen-bond donors (Lipinski definition) is 1. The van der Waals surface area contributed by atoms with E-state index in [1.807, 2.05) is 0 Å². The van der Waals surface area contributed by atoms with Crippen LogP contribution in [0.1, 0.15) is 12.5 Å². The number of rotatable bonds is 5. The van der Waals surface area contributed by atoms with Gasteiger partial charge in [0.05, 0.1) is 5.71 Å². The van der Waals surface area contributed by atoms with Crippen molar-refractivity contribution in [1.29, 1.82) is 0 Å². The van der Waals surface area contributed by atoms with Crippen molar-refractivity contribution < 1.29 is 35.5 Å². The number of halogens is 7. The Morgan fingerprint density at radius 3 is 2.08 bits per heavy atom. The molecule has 10 heteroatoms. The molecule has 3 nitrogen and oxygen atoms in total. The Balaban J connectivity index is 2.82. The van der Waals surface area contributed by atoms with Crippen LogP contribution in [0.4, 0.5) is 30.7 Å². The Morgan fingerprint density at radius 1 is 1.04 bits per heavy atom. The summed E-state index contributed by atoms with van der Waals surface area (Å²) >= 11 is 0. The summed E-state index contributed by atoms with van der Waals surface area (Å²) in [5.41, 5.74) is 1.59. The van der Waals surface area contributed by atoms with Gasteiger partial charge in [-0.15, -0.1) is 0 Å². The number of carbonyl (C=O) groups is 1. The van der Waals surface area contributed by atoms with E-state index in [1.165, 1.54) is 19.1 Å². The van der Waals surface area contributed by atoms with Crippen LogP contribution >= 0.6 is 0 Å². The first-order valence-corrected chi connectivity index (χ1v) is 6.30. The maximum Gasteiger partial charge on any atom is 0.460 e. The largest absolute Gasteiger partial charge is 0.460 e. The number of allylic oxidation sites excluding steroid dienone is 1. The van der Waals surface area contributed by atoms with Crippen LogP contribution in [-0.2, 0) is 4.79 Å². The molecule has 0 saturated carbocycles. The van der Waals surface area contributed by atoms with Crippen molar-refractivity contribution in [2.45, 2.75) is 24.9 Å². The molecule has 1 N–H and O–H groups in total. The minimum absolute atomic E-state index is 0.0988. The summed E-state index contributed by atoms with van der Waals surface area (Å²) in [6.45, 7) is 1.22. The van der Waals surface area contributed by atoms with Crippen molar-refractivity contribution in [3.05, 3.63) is 42.0 Å². The minimum atomic E-state index is -6.58. The molecule has 0 heterocycles. The van der Waals surface area contributed by atoms with E-state index in [-0.39, 0.29) is 5.71 Å². The summed E-state index contributed by atoms with van der Waals surface area (Å²) in [5, 5.41) is 3.05. The summed E-state index contributed by atoms with van der Waals surface area (Å²) in [7, 11) is 0. The molecule has 0 aliphatic rings. The molecule has 0 bridgehead atoms. The fourth-order valence-corrected chi connectivity index (χ4v) is 1.35. The van der Waals surface area contributed by atoms with E-state index in [1.54, 1.807) is 30.3 Å². The van der Waals surface area contributed by atoms with Gasteiger partial charge >= 0.3 is 23.9 Å². The third-order valence-corrected chi connectivity index (χ3v) is 2.69. The molecule has 0 fully saturated rings. The van der Waals surface area contributed by atoms with Crippen LogP contribution in [0, 0.1) is 0 Å². The Labute approximate surface area is 131 Å². The molecule has 0 radical (unpaired) electrons. The highest BCUT2D eigenvalue weighted by Gasteiger charge is 2.76. The van der Waals surface area contributed by atoms with Crippen molar-refractivity contribution in [3.63, 3.8) is 0 Å². The van der Waals surface area contributed by atoms with E-state index in [4.69, 9.17) is 0 Å². The van der Waals surface area contributed by atoms with E-state index in [2.05, 4.69) is 5.10 Å². The predicted octanol–water partition coefficient (Wildman–Crippen LogP) is 4.02. The van der Waals surface area contributed by atoms with Crippen molar-refractivity contribution in [1.82, 2.24) is 5.43 Å². The lowest BCUT2D eigenvalue weighted by Crippen LogP contribution is -2.58. The smallest absolute Gasteiger partial charge is 0.266 e. The van der Waals surface area contributed by atoms with Gasteiger partial charge in [0.1, 0.15) is 0 Å². The lowest BCUT2D eigenvalue weighted by atomic mass is 10.1. The number of benzene rings is 1. The fourth-order valence-electron chi connectivity index (χ4n) is 1.35. The van der Waals surface area contributed by atoms with Crippen molar-refractivity contribution in [2.24, 2.45) is 5.10 Å². The van der Waals surface area contributed by atoms with E-state index in [0.29, 0.717) is 5.56 Å². The highest BCUT2D eigenvalue weighted by Crippen LogP contribution is 2.46. The minimum Gasteiger partial charge on any atom is -0.266 e.